The average molecular weight is 769 g/mol. The van der Waals surface area contributed by atoms with E-state index in [9.17, 15) is 19.2 Å². The van der Waals surface area contributed by atoms with Crippen molar-refractivity contribution in [3.05, 3.63) is 101 Å². The second kappa shape index (κ2) is 14.3. The van der Waals surface area contributed by atoms with E-state index >= 15 is 0 Å². The van der Waals surface area contributed by atoms with Gasteiger partial charge < -0.3 is 10.5 Å². The molecule has 2 aromatic carbocycles. The largest absolute Gasteiger partial charge is 0.458 e. The fourth-order valence-corrected chi connectivity index (χ4v) is 9.33. The zero-order valence-corrected chi connectivity index (χ0v) is 31.5. The Morgan fingerprint density at radius 2 is 1.61 bits per heavy atom. The number of benzene rings is 2. The highest BCUT2D eigenvalue weighted by atomic mass is 16.5. The highest BCUT2D eigenvalue weighted by Crippen LogP contribution is 2.37. The van der Waals surface area contributed by atoms with E-state index in [1.165, 1.54) is 6.33 Å². The molecule has 15 heteroatoms. The van der Waals surface area contributed by atoms with Crippen LogP contribution in [-0.4, -0.2) is 120 Å². The highest BCUT2D eigenvalue weighted by Gasteiger charge is 2.45. The standard InChI is InChI=1S/C42H44N10O5/c43-38-36-37(26-7-9-31(10-8-26)57-30-4-2-1-3-5-30)47-52(39(36)45-24-44-38)27-14-16-49(17-15-27)29-22-50(23-29)28-20-48(21-28)19-25-6-11-32-33(18-25)42(56)51(41(32)55)34-12-13-35(53)46-40(34)54/h1-7,9-11,18,24,26-29,34H,8,12-17,19-23H2,(H2,43,44,45)(H,46,53,54). The molecule has 4 fully saturated rings. The number of fused-ring (bicyclic) bond motifs is 2. The Balaban J connectivity index is 0.708. The molecule has 2 aromatic heterocycles. The molecule has 10 rings (SSSR count). The number of anilines is 1. The number of para-hydroxylation sites is 1. The minimum Gasteiger partial charge on any atom is -0.458 e. The summed E-state index contributed by atoms with van der Waals surface area (Å²) in [7, 11) is 0. The molecular weight excluding hydrogens is 725 g/mol. The molecule has 3 N–H and O–H groups in total. The van der Waals surface area contributed by atoms with Gasteiger partial charge in [-0.05, 0) is 67.7 Å². The van der Waals surface area contributed by atoms with Crippen molar-refractivity contribution in [3.8, 4) is 5.75 Å². The molecular formula is C42H44N10O5. The van der Waals surface area contributed by atoms with Gasteiger partial charge in [0, 0.05) is 70.2 Å². The molecule has 0 radical (unpaired) electrons. The molecule has 2 unspecified atom stereocenters. The third-order valence-electron chi connectivity index (χ3n) is 12.6. The smallest absolute Gasteiger partial charge is 0.262 e. The van der Waals surface area contributed by atoms with E-state index in [-0.39, 0.29) is 30.7 Å². The molecule has 7 heterocycles. The lowest BCUT2D eigenvalue weighted by atomic mass is 9.95. The third kappa shape index (κ3) is 6.48. The topological polar surface area (TPSA) is 172 Å². The lowest BCUT2D eigenvalue weighted by molar-refractivity contribution is -0.136. The Hall–Kier alpha value is -5.77. The zero-order chi connectivity index (χ0) is 38.8. The number of nitrogens with one attached hydrogen (secondary N) is 1. The van der Waals surface area contributed by atoms with E-state index in [4.69, 9.17) is 15.6 Å². The number of piperidine rings is 2. The van der Waals surface area contributed by atoms with Crippen molar-refractivity contribution in [3.63, 3.8) is 0 Å². The van der Waals surface area contributed by atoms with E-state index in [0.29, 0.717) is 35.6 Å². The van der Waals surface area contributed by atoms with Crippen LogP contribution in [0.1, 0.15) is 76.0 Å². The second-order valence-corrected chi connectivity index (χ2v) is 16.1. The van der Waals surface area contributed by atoms with Crippen LogP contribution in [0.3, 0.4) is 0 Å². The predicted octanol–water partition coefficient (Wildman–Crippen LogP) is 3.02. The monoisotopic (exact) mass is 768 g/mol. The summed E-state index contributed by atoms with van der Waals surface area (Å²) in [5.41, 5.74) is 9.78. The van der Waals surface area contributed by atoms with E-state index in [0.717, 1.165) is 97.2 Å². The molecule has 4 amide bonds. The molecule has 292 valence electrons. The number of nitrogen functional groups attached to an aromatic ring is 1. The van der Waals surface area contributed by atoms with Crippen molar-refractivity contribution >= 4 is 40.5 Å². The second-order valence-electron chi connectivity index (χ2n) is 16.1. The van der Waals surface area contributed by atoms with Crippen LogP contribution in [0, 0.1) is 0 Å². The highest BCUT2D eigenvalue weighted by molar-refractivity contribution is 6.23. The summed E-state index contributed by atoms with van der Waals surface area (Å²) in [5, 5.41) is 8.27. The van der Waals surface area contributed by atoms with E-state index in [2.05, 4.69) is 46.8 Å². The number of rotatable bonds is 9. The number of aromatic nitrogens is 4. The maximum atomic E-state index is 13.3. The van der Waals surface area contributed by atoms with Crippen molar-refractivity contribution in [1.29, 1.82) is 0 Å². The number of nitrogens with zero attached hydrogens (tertiary/aromatic N) is 8. The van der Waals surface area contributed by atoms with Crippen LogP contribution < -0.4 is 15.8 Å². The number of likely N-dealkylation sites (tertiary alicyclic amines) is 3. The first-order valence-electron chi connectivity index (χ1n) is 19.9. The molecule has 0 saturated carbocycles. The van der Waals surface area contributed by atoms with Gasteiger partial charge in [-0.15, -0.1) is 0 Å². The predicted molar refractivity (Wildman–Crippen MR) is 209 cm³/mol. The van der Waals surface area contributed by atoms with Crippen molar-refractivity contribution in [2.75, 3.05) is 45.0 Å². The first kappa shape index (κ1) is 35.6. The fraction of sp³-hybridized carbons (Fsp3) is 0.405. The van der Waals surface area contributed by atoms with Crippen LogP contribution in [-0.2, 0) is 16.1 Å². The van der Waals surface area contributed by atoms with Crippen LogP contribution >= 0.6 is 0 Å². The maximum Gasteiger partial charge on any atom is 0.262 e. The first-order chi connectivity index (χ1) is 27.8. The minimum atomic E-state index is -0.958. The van der Waals surface area contributed by atoms with Gasteiger partial charge in [0.15, 0.2) is 5.65 Å². The maximum absolute atomic E-state index is 13.3. The zero-order valence-electron chi connectivity index (χ0n) is 31.5. The number of hydrogen-bond donors (Lipinski definition) is 2. The Morgan fingerprint density at radius 3 is 2.37 bits per heavy atom. The lowest BCUT2D eigenvalue weighted by Crippen LogP contribution is -2.69. The Morgan fingerprint density at radius 1 is 0.842 bits per heavy atom. The number of imide groups is 2. The molecule has 57 heavy (non-hydrogen) atoms. The molecule has 0 bridgehead atoms. The molecule has 15 nitrogen and oxygen atoms in total. The molecule has 6 aliphatic rings. The summed E-state index contributed by atoms with van der Waals surface area (Å²) in [5.74, 6) is 0.211. The molecule has 2 atom stereocenters. The number of nitrogens with two attached hydrogens (primary N) is 1. The summed E-state index contributed by atoms with van der Waals surface area (Å²) in [6, 6.07) is 15.5. The summed E-state index contributed by atoms with van der Waals surface area (Å²) >= 11 is 0. The van der Waals surface area contributed by atoms with Gasteiger partial charge in [-0.1, -0.05) is 30.3 Å². The van der Waals surface area contributed by atoms with Crippen molar-refractivity contribution in [2.45, 2.75) is 68.7 Å². The van der Waals surface area contributed by atoms with Gasteiger partial charge in [-0.3, -0.25) is 44.1 Å². The number of hydrogen-bond acceptors (Lipinski definition) is 12. The number of amides is 4. The summed E-state index contributed by atoms with van der Waals surface area (Å²) < 4.78 is 8.15. The van der Waals surface area contributed by atoms with Crippen LogP contribution in [0.25, 0.3) is 11.0 Å². The van der Waals surface area contributed by atoms with Crippen molar-refractivity contribution in [2.24, 2.45) is 0 Å². The van der Waals surface area contributed by atoms with Crippen LogP contribution in [0.2, 0.25) is 0 Å². The minimum absolute atomic E-state index is 0.0507. The molecule has 0 spiro atoms. The van der Waals surface area contributed by atoms with Crippen LogP contribution in [0.15, 0.2) is 78.8 Å². The molecule has 4 aromatic rings. The van der Waals surface area contributed by atoms with Gasteiger partial charge >= 0.3 is 0 Å². The molecule has 4 saturated heterocycles. The van der Waals surface area contributed by atoms with Gasteiger partial charge in [0.25, 0.3) is 11.8 Å². The van der Waals surface area contributed by atoms with E-state index < -0.39 is 23.8 Å². The quantitative estimate of drug-likeness (QED) is 0.239. The van der Waals surface area contributed by atoms with Gasteiger partial charge in [0.05, 0.1) is 28.2 Å². The lowest BCUT2D eigenvalue weighted by Gasteiger charge is -2.55. The van der Waals surface area contributed by atoms with Crippen molar-refractivity contribution < 1.29 is 23.9 Å². The van der Waals surface area contributed by atoms with Crippen molar-refractivity contribution in [1.82, 2.24) is 44.7 Å². The third-order valence-corrected chi connectivity index (χ3v) is 12.6. The fourth-order valence-electron chi connectivity index (χ4n) is 9.33. The summed E-state index contributed by atoms with van der Waals surface area (Å²) in [6.45, 7) is 6.72. The van der Waals surface area contributed by atoms with Gasteiger partial charge in [-0.25, -0.2) is 14.6 Å². The van der Waals surface area contributed by atoms with Gasteiger partial charge in [0.1, 0.15) is 29.7 Å². The van der Waals surface area contributed by atoms with Crippen LogP contribution in [0.5, 0.6) is 5.75 Å². The molecule has 5 aliphatic heterocycles. The Labute approximate surface area is 329 Å². The van der Waals surface area contributed by atoms with Gasteiger partial charge in [-0.2, -0.15) is 5.10 Å². The van der Waals surface area contributed by atoms with E-state index in [1.807, 2.05) is 42.5 Å². The van der Waals surface area contributed by atoms with Crippen LogP contribution in [0.4, 0.5) is 5.82 Å². The van der Waals surface area contributed by atoms with Gasteiger partial charge in [0.2, 0.25) is 11.8 Å². The average Bonchev–Trinajstić information content (AvgIpc) is 3.69. The normalized spacial score (nSPS) is 24.1. The first-order valence-corrected chi connectivity index (χ1v) is 19.9. The number of carbonyl (C=O) groups is 4. The molecule has 1 aliphatic carbocycles. The number of carbonyl (C=O) groups excluding carboxylic acids is 4. The Bertz CT molecular complexity index is 2340. The van der Waals surface area contributed by atoms with E-state index in [1.54, 1.807) is 12.1 Å². The number of allylic oxidation sites excluding steroid dienone is 3. The Kier molecular flexibility index (Phi) is 8.95. The summed E-state index contributed by atoms with van der Waals surface area (Å²) in [6.07, 6.45) is 10.8. The summed E-state index contributed by atoms with van der Waals surface area (Å²) in [4.78, 5) is 68.0. The number of ether oxygens (including phenoxy) is 1. The SMILES string of the molecule is Nc1ncnc2c1c(C1C=CC(Oc3ccccc3)=CC1)nn2C1CCN(C2CN(C3CN(Cc4ccc5c(c4)C(=O)N(C4CCC(=O)NC4=O)C5=O)C3)C2)CC1.